The minimum Gasteiger partial charge on any atom is -0.477 e. The Morgan fingerprint density at radius 2 is 1.76 bits per heavy atom. The lowest BCUT2D eigenvalue weighted by molar-refractivity contribution is -0.159. The number of carbonyl (C=O) groups is 3. The van der Waals surface area contributed by atoms with Crippen LogP contribution in [0, 0.1) is 17.2 Å². The minimum absolute atomic E-state index is 0.0354. The van der Waals surface area contributed by atoms with E-state index in [1.165, 1.54) is 12.3 Å². The van der Waals surface area contributed by atoms with Crippen LogP contribution in [0.25, 0.3) is 10.9 Å². The number of rotatable bonds is 5. The van der Waals surface area contributed by atoms with Crippen LogP contribution in [-0.2, 0) is 9.59 Å². The number of benzene rings is 1. The lowest BCUT2D eigenvalue weighted by Crippen LogP contribution is -2.30. The first kappa shape index (κ1) is 25.2. The van der Waals surface area contributed by atoms with E-state index in [4.69, 9.17) is 19.8 Å². The number of anilines is 1. The molecule has 1 atom stereocenters. The van der Waals surface area contributed by atoms with Gasteiger partial charge in [0.25, 0.3) is 0 Å². The quantitative estimate of drug-likeness (QED) is 0.474. The van der Waals surface area contributed by atoms with Gasteiger partial charge in [0.2, 0.25) is 5.43 Å². The lowest BCUT2D eigenvalue weighted by atomic mass is 9.82. The van der Waals surface area contributed by atoms with Crippen molar-refractivity contribution in [3.8, 4) is 0 Å². The Morgan fingerprint density at radius 1 is 1.15 bits per heavy atom. The fourth-order valence-corrected chi connectivity index (χ4v) is 4.38. The number of fused-ring (bicyclic) bond motifs is 1. The van der Waals surface area contributed by atoms with Gasteiger partial charge >= 0.3 is 17.9 Å². The normalized spacial score (nSPS) is 18.9. The van der Waals surface area contributed by atoms with E-state index in [1.54, 1.807) is 6.07 Å². The Kier molecular flexibility index (Phi) is 6.97. The molecule has 1 saturated heterocycles. The Morgan fingerprint density at radius 3 is 2.26 bits per heavy atom. The van der Waals surface area contributed by atoms with Gasteiger partial charge in [-0.25, -0.2) is 18.8 Å². The molecule has 1 saturated carbocycles. The van der Waals surface area contributed by atoms with Crippen molar-refractivity contribution in [3.05, 3.63) is 39.9 Å². The summed E-state index contributed by atoms with van der Waals surface area (Å²) >= 11 is 0. The summed E-state index contributed by atoms with van der Waals surface area (Å²) < 4.78 is 16.9. The molecular weight excluding hydrogens is 449 g/mol. The van der Waals surface area contributed by atoms with Crippen LogP contribution in [0.4, 0.5) is 10.1 Å². The minimum atomic E-state index is -1.82. The summed E-state index contributed by atoms with van der Waals surface area (Å²) in [5, 5.41) is 27.5. The summed E-state index contributed by atoms with van der Waals surface area (Å²) in [6.07, 6.45) is 3.29. The average molecular weight is 477 g/mol. The van der Waals surface area contributed by atoms with Crippen LogP contribution in [0.3, 0.4) is 0 Å². The zero-order valence-corrected chi connectivity index (χ0v) is 19.2. The molecule has 4 N–H and O–H groups in total. The van der Waals surface area contributed by atoms with E-state index in [2.05, 4.69) is 19.2 Å². The molecule has 4 rings (SSSR count). The smallest absolute Gasteiger partial charge is 0.414 e. The van der Waals surface area contributed by atoms with Crippen LogP contribution in [0.1, 0.15) is 43.1 Å². The van der Waals surface area contributed by atoms with Gasteiger partial charge in [-0.05, 0) is 49.9 Å². The third-order valence-electron chi connectivity index (χ3n) is 6.39. The largest absolute Gasteiger partial charge is 0.477 e. The zero-order valence-electron chi connectivity index (χ0n) is 19.2. The number of aromatic nitrogens is 1. The standard InChI is InChI=1S/C21H26FN3O3.C2H2O4/c1-21(2)11-24(9-12(21)8-23-3)18-7-17-14(6-16(18)22)19(26)15(20(27)28)10-25(17)13-4-5-13;3-1(4)2(5)6/h6-7,10,12-13,23H,4-5,8-9,11H2,1-3H3,(H,27,28);(H,3,4)(H,5,6). The van der Waals surface area contributed by atoms with Crippen molar-refractivity contribution in [2.24, 2.45) is 11.3 Å². The number of nitrogens with zero attached hydrogens (tertiary/aromatic N) is 2. The molecule has 184 valence electrons. The summed E-state index contributed by atoms with van der Waals surface area (Å²) in [6.45, 7) is 6.69. The monoisotopic (exact) mass is 477 g/mol. The van der Waals surface area contributed by atoms with Crippen molar-refractivity contribution in [1.82, 2.24) is 9.88 Å². The maximum Gasteiger partial charge on any atom is 0.414 e. The van der Waals surface area contributed by atoms with Gasteiger partial charge < -0.3 is 30.1 Å². The molecule has 2 aliphatic rings. The second-order valence-electron chi connectivity index (χ2n) is 9.37. The number of nitrogens with one attached hydrogen (secondary N) is 1. The van der Waals surface area contributed by atoms with E-state index >= 15 is 4.39 Å². The van der Waals surface area contributed by atoms with Gasteiger partial charge in [0, 0.05) is 30.7 Å². The summed E-state index contributed by atoms with van der Waals surface area (Å²) in [5.41, 5.74) is 0.204. The van der Waals surface area contributed by atoms with Gasteiger partial charge in [-0.3, -0.25) is 4.79 Å². The van der Waals surface area contributed by atoms with Crippen LogP contribution in [0.15, 0.2) is 23.1 Å². The lowest BCUT2D eigenvalue weighted by Gasteiger charge is -2.25. The number of pyridine rings is 1. The van der Waals surface area contributed by atoms with Crippen LogP contribution >= 0.6 is 0 Å². The number of carboxylic acid groups (broad SMARTS) is 3. The number of aromatic carboxylic acids is 1. The Bertz CT molecular complexity index is 1190. The molecule has 2 aromatic rings. The highest BCUT2D eigenvalue weighted by Crippen LogP contribution is 2.41. The SMILES string of the molecule is CNCC1CN(c2cc3c(cc2F)c(=O)c(C(=O)O)cn3C2CC2)CC1(C)C.O=C(O)C(=O)O. The van der Waals surface area contributed by atoms with Crippen LogP contribution in [0.2, 0.25) is 0 Å². The van der Waals surface area contributed by atoms with Crippen molar-refractivity contribution >= 4 is 34.5 Å². The highest BCUT2D eigenvalue weighted by Gasteiger charge is 2.40. The molecule has 0 radical (unpaired) electrons. The molecule has 1 aromatic carbocycles. The van der Waals surface area contributed by atoms with E-state index in [0.29, 0.717) is 17.1 Å². The van der Waals surface area contributed by atoms with Gasteiger partial charge in [0.1, 0.15) is 11.4 Å². The third kappa shape index (κ3) is 5.04. The van der Waals surface area contributed by atoms with Gasteiger partial charge in [-0.2, -0.15) is 0 Å². The second kappa shape index (κ2) is 9.41. The first-order valence-corrected chi connectivity index (χ1v) is 10.8. The highest BCUT2D eigenvalue weighted by atomic mass is 19.1. The fraction of sp³-hybridized carbons (Fsp3) is 0.478. The highest BCUT2D eigenvalue weighted by molar-refractivity contribution is 6.27. The Hall–Kier alpha value is -3.47. The van der Waals surface area contributed by atoms with E-state index < -0.39 is 29.2 Å². The number of carboxylic acids is 3. The summed E-state index contributed by atoms with van der Waals surface area (Å²) in [5.74, 6) is -5.02. The van der Waals surface area contributed by atoms with Gasteiger partial charge in [-0.1, -0.05) is 13.8 Å². The molecule has 10 nitrogen and oxygen atoms in total. The van der Waals surface area contributed by atoms with E-state index in [9.17, 15) is 14.7 Å². The van der Waals surface area contributed by atoms with Crippen molar-refractivity contribution in [2.45, 2.75) is 32.7 Å². The van der Waals surface area contributed by atoms with Crippen LogP contribution < -0.4 is 15.6 Å². The summed E-state index contributed by atoms with van der Waals surface area (Å²) in [7, 11) is 1.92. The number of aliphatic carboxylic acids is 2. The van der Waals surface area contributed by atoms with E-state index in [-0.39, 0.29) is 22.4 Å². The van der Waals surface area contributed by atoms with Gasteiger partial charge in [-0.15, -0.1) is 0 Å². The topological polar surface area (TPSA) is 149 Å². The van der Waals surface area contributed by atoms with Gasteiger partial charge in [0.05, 0.1) is 11.2 Å². The molecule has 1 unspecified atom stereocenters. The molecule has 1 aliphatic carbocycles. The molecule has 0 spiro atoms. The van der Waals surface area contributed by atoms with Gasteiger partial charge in [0.15, 0.2) is 0 Å². The van der Waals surface area contributed by atoms with E-state index in [0.717, 1.165) is 32.5 Å². The molecule has 34 heavy (non-hydrogen) atoms. The maximum absolute atomic E-state index is 15.0. The fourth-order valence-electron chi connectivity index (χ4n) is 4.38. The zero-order chi connectivity index (χ0) is 25.4. The summed E-state index contributed by atoms with van der Waals surface area (Å²) in [4.78, 5) is 44.3. The molecule has 0 bridgehead atoms. The molecular formula is C23H28FN3O7. The first-order chi connectivity index (χ1) is 15.9. The number of hydrogen-bond donors (Lipinski definition) is 4. The predicted molar refractivity (Wildman–Crippen MR) is 122 cm³/mol. The number of halogens is 1. The van der Waals surface area contributed by atoms with Crippen molar-refractivity contribution in [2.75, 3.05) is 31.6 Å². The Labute approximate surface area is 194 Å². The predicted octanol–water partition coefficient (Wildman–Crippen LogP) is 2.01. The molecule has 2 fully saturated rings. The molecule has 1 aliphatic heterocycles. The maximum atomic E-state index is 15.0. The van der Waals surface area contributed by atoms with Crippen molar-refractivity contribution < 1.29 is 34.1 Å². The number of hydrogen-bond acceptors (Lipinski definition) is 6. The molecule has 1 aromatic heterocycles. The first-order valence-electron chi connectivity index (χ1n) is 10.8. The second-order valence-corrected chi connectivity index (χ2v) is 9.37. The van der Waals surface area contributed by atoms with Crippen LogP contribution in [0.5, 0.6) is 0 Å². The van der Waals surface area contributed by atoms with E-state index in [1.807, 2.05) is 16.5 Å². The third-order valence-corrected chi connectivity index (χ3v) is 6.39. The molecule has 11 heteroatoms. The van der Waals surface area contributed by atoms with Crippen LogP contribution in [-0.4, -0.2) is 64.5 Å². The molecule has 2 heterocycles. The Balaban J connectivity index is 0.000000481. The average Bonchev–Trinajstić information content (AvgIpc) is 3.53. The molecule has 0 amide bonds. The summed E-state index contributed by atoms with van der Waals surface area (Å²) in [6, 6.07) is 3.12. The van der Waals surface area contributed by atoms with Crippen molar-refractivity contribution in [1.29, 1.82) is 0 Å². The van der Waals surface area contributed by atoms with Crippen molar-refractivity contribution in [3.63, 3.8) is 0 Å².